The van der Waals surface area contributed by atoms with Crippen molar-refractivity contribution in [2.75, 3.05) is 0 Å². The number of rotatable bonds is 1. The summed E-state index contributed by atoms with van der Waals surface area (Å²) in [7, 11) is 0. The number of fused-ring (bicyclic) bond motifs is 10. The lowest BCUT2D eigenvalue weighted by atomic mass is 9.86. The van der Waals surface area contributed by atoms with Crippen LogP contribution in [0.3, 0.4) is 0 Å². The minimum atomic E-state index is 0.123. The Balaban J connectivity index is 1.46. The summed E-state index contributed by atoms with van der Waals surface area (Å²) in [4.78, 5) is 5.25. The zero-order chi connectivity index (χ0) is 26.7. The van der Waals surface area contributed by atoms with Gasteiger partial charge in [-0.3, -0.25) is 8.80 Å². The molecule has 190 valence electrons. The molecule has 9 aromatic rings. The van der Waals surface area contributed by atoms with Gasteiger partial charge in [0, 0.05) is 10.8 Å². The Morgan fingerprint density at radius 3 is 1.82 bits per heavy atom. The minimum Gasteiger partial charge on any atom is -0.277 e. The first-order chi connectivity index (χ1) is 19.4. The number of aromatic nitrogens is 3. The largest absolute Gasteiger partial charge is 0.277 e. The van der Waals surface area contributed by atoms with Gasteiger partial charge in [0.2, 0.25) is 5.78 Å². The zero-order valence-corrected chi connectivity index (χ0v) is 22.7. The van der Waals surface area contributed by atoms with Crippen LogP contribution in [0.4, 0.5) is 0 Å². The Labute approximate surface area is 231 Å². The van der Waals surface area contributed by atoms with Gasteiger partial charge in [-0.25, -0.2) is 4.98 Å². The summed E-state index contributed by atoms with van der Waals surface area (Å²) in [5.74, 6) is 0.968. The molecule has 9 rings (SSSR count). The molecule has 0 aliphatic heterocycles. The maximum atomic E-state index is 5.25. The molecular formula is C37H27N3. The Kier molecular flexibility index (Phi) is 4.06. The molecule has 0 saturated carbocycles. The lowest BCUT2D eigenvalue weighted by Crippen LogP contribution is -2.10. The average Bonchev–Trinajstić information content (AvgIpc) is 3.59. The molecule has 0 fully saturated rings. The van der Waals surface area contributed by atoms with Gasteiger partial charge in [-0.05, 0) is 80.0 Å². The maximum Gasteiger partial charge on any atom is 0.220 e. The summed E-state index contributed by atoms with van der Waals surface area (Å²) in [5.41, 5.74) is 9.73. The van der Waals surface area contributed by atoms with Crippen molar-refractivity contribution >= 4 is 65.7 Å². The van der Waals surface area contributed by atoms with Crippen LogP contribution in [0.15, 0.2) is 109 Å². The van der Waals surface area contributed by atoms with E-state index in [1.807, 2.05) is 0 Å². The SMILES string of the molecule is CC(C)(C)c1ccc(-c2cc3c4cc5ccccc5cc4n4c3c(c2)n2c3cc5ccccc5cc3nc24)cc1. The molecule has 0 aliphatic carbocycles. The third kappa shape index (κ3) is 2.87. The molecule has 3 heteroatoms. The molecule has 6 aromatic carbocycles. The molecule has 0 N–H and O–H groups in total. The van der Waals surface area contributed by atoms with Crippen molar-refractivity contribution < 1.29 is 0 Å². The summed E-state index contributed by atoms with van der Waals surface area (Å²) in [5, 5.41) is 7.49. The smallest absolute Gasteiger partial charge is 0.220 e. The van der Waals surface area contributed by atoms with Crippen molar-refractivity contribution in [3.05, 3.63) is 115 Å². The number of imidazole rings is 2. The van der Waals surface area contributed by atoms with Crippen LogP contribution < -0.4 is 0 Å². The van der Waals surface area contributed by atoms with Crippen LogP contribution in [0.2, 0.25) is 0 Å². The van der Waals surface area contributed by atoms with Gasteiger partial charge >= 0.3 is 0 Å². The van der Waals surface area contributed by atoms with Crippen LogP contribution in [0.5, 0.6) is 0 Å². The summed E-state index contributed by atoms with van der Waals surface area (Å²) >= 11 is 0. The van der Waals surface area contributed by atoms with Crippen molar-refractivity contribution in [2.45, 2.75) is 26.2 Å². The third-order valence-electron chi connectivity index (χ3n) is 8.74. The van der Waals surface area contributed by atoms with E-state index in [1.165, 1.54) is 65.6 Å². The van der Waals surface area contributed by atoms with E-state index in [0.717, 1.165) is 16.8 Å². The highest BCUT2D eigenvalue weighted by atomic mass is 15.2. The van der Waals surface area contributed by atoms with Crippen molar-refractivity contribution in [3.8, 4) is 11.1 Å². The van der Waals surface area contributed by atoms with Crippen LogP contribution in [-0.4, -0.2) is 13.8 Å². The lowest BCUT2D eigenvalue weighted by molar-refractivity contribution is 0.590. The minimum absolute atomic E-state index is 0.123. The first-order valence-electron chi connectivity index (χ1n) is 14.0. The predicted molar refractivity (Wildman–Crippen MR) is 169 cm³/mol. The molecule has 0 unspecified atom stereocenters. The van der Waals surface area contributed by atoms with Gasteiger partial charge < -0.3 is 0 Å². The molecule has 3 nitrogen and oxygen atoms in total. The van der Waals surface area contributed by atoms with Crippen molar-refractivity contribution in [2.24, 2.45) is 0 Å². The lowest BCUT2D eigenvalue weighted by Gasteiger charge is -2.19. The fraction of sp³-hybridized carbons (Fsp3) is 0.108. The fourth-order valence-corrected chi connectivity index (χ4v) is 6.65. The summed E-state index contributed by atoms with van der Waals surface area (Å²) < 4.78 is 4.75. The van der Waals surface area contributed by atoms with Crippen LogP contribution in [0.25, 0.3) is 76.8 Å². The normalized spacial score (nSPS) is 12.9. The van der Waals surface area contributed by atoms with Crippen molar-refractivity contribution in [1.82, 2.24) is 13.8 Å². The van der Waals surface area contributed by atoms with E-state index in [9.17, 15) is 0 Å². The summed E-state index contributed by atoms with van der Waals surface area (Å²) in [6.07, 6.45) is 0. The van der Waals surface area contributed by atoms with Gasteiger partial charge in [0.1, 0.15) is 0 Å². The molecule has 0 amide bonds. The maximum absolute atomic E-state index is 5.25. The summed E-state index contributed by atoms with van der Waals surface area (Å²) in [6.45, 7) is 6.80. The zero-order valence-electron chi connectivity index (χ0n) is 22.7. The number of hydrogen-bond acceptors (Lipinski definition) is 1. The molecule has 40 heavy (non-hydrogen) atoms. The van der Waals surface area contributed by atoms with Crippen LogP contribution in [-0.2, 0) is 5.41 Å². The molecule has 3 aromatic heterocycles. The number of hydrogen-bond donors (Lipinski definition) is 0. The Bertz CT molecular complexity index is 2450. The summed E-state index contributed by atoms with van der Waals surface area (Å²) in [6, 6.07) is 40.3. The van der Waals surface area contributed by atoms with Gasteiger partial charge in [0.25, 0.3) is 0 Å². The molecule has 0 saturated heterocycles. The van der Waals surface area contributed by atoms with E-state index in [4.69, 9.17) is 4.98 Å². The molecule has 0 radical (unpaired) electrons. The van der Waals surface area contributed by atoms with Gasteiger partial charge in [0.15, 0.2) is 0 Å². The van der Waals surface area contributed by atoms with Gasteiger partial charge in [-0.1, -0.05) is 93.6 Å². The van der Waals surface area contributed by atoms with Crippen LogP contribution in [0, 0.1) is 0 Å². The molecule has 3 heterocycles. The van der Waals surface area contributed by atoms with E-state index < -0.39 is 0 Å². The molecule has 0 bridgehead atoms. The fourth-order valence-electron chi connectivity index (χ4n) is 6.65. The van der Waals surface area contributed by atoms with Gasteiger partial charge in [0.05, 0.1) is 27.6 Å². The number of nitrogens with zero attached hydrogens (tertiary/aromatic N) is 3. The first kappa shape index (κ1) is 22.0. The third-order valence-corrected chi connectivity index (χ3v) is 8.74. The molecule has 0 spiro atoms. The van der Waals surface area contributed by atoms with Crippen molar-refractivity contribution in [3.63, 3.8) is 0 Å². The molecular weight excluding hydrogens is 486 g/mol. The highest BCUT2D eigenvalue weighted by Gasteiger charge is 2.23. The quantitative estimate of drug-likeness (QED) is 0.214. The van der Waals surface area contributed by atoms with E-state index in [0.29, 0.717) is 0 Å². The highest BCUT2D eigenvalue weighted by molar-refractivity contribution is 6.20. The second-order valence-electron chi connectivity index (χ2n) is 12.2. The standard InChI is InChI=1S/C37H27N3/c1-37(2,3)28-14-12-22(13-15-28)27-17-30-29-16-23-8-4-6-10-25(23)19-32(29)40-35(30)34(21-27)39-33-20-26-11-7-5-9-24(26)18-31(33)38-36(39)40/h4-21H,1-3H3. The Morgan fingerprint density at radius 2 is 1.15 bits per heavy atom. The Morgan fingerprint density at radius 1 is 0.525 bits per heavy atom. The average molecular weight is 514 g/mol. The van der Waals surface area contributed by atoms with Crippen molar-refractivity contribution in [1.29, 1.82) is 0 Å². The van der Waals surface area contributed by atoms with E-state index >= 15 is 0 Å². The van der Waals surface area contributed by atoms with Gasteiger partial charge in [-0.15, -0.1) is 0 Å². The topological polar surface area (TPSA) is 21.7 Å². The van der Waals surface area contributed by atoms with E-state index in [2.05, 4.69) is 139 Å². The second kappa shape index (κ2) is 7.40. The van der Waals surface area contributed by atoms with Gasteiger partial charge in [-0.2, -0.15) is 0 Å². The highest BCUT2D eigenvalue weighted by Crippen LogP contribution is 2.41. The second-order valence-corrected chi connectivity index (χ2v) is 12.2. The van der Waals surface area contributed by atoms with E-state index in [-0.39, 0.29) is 5.41 Å². The molecule has 0 aliphatic rings. The first-order valence-corrected chi connectivity index (χ1v) is 14.0. The molecule has 0 atom stereocenters. The Hall–Kier alpha value is -4.89. The van der Waals surface area contributed by atoms with Crippen LogP contribution in [0.1, 0.15) is 26.3 Å². The monoisotopic (exact) mass is 513 g/mol. The predicted octanol–water partition coefficient (Wildman–Crippen LogP) is 9.76. The number of benzene rings is 6. The van der Waals surface area contributed by atoms with Crippen LogP contribution >= 0.6 is 0 Å². The van der Waals surface area contributed by atoms with E-state index in [1.54, 1.807) is 0 Å².